The Bertz CT molecular complexity index is 671. The molecule has 3 aromatic rings. The molecule has 0 spiro atoms. The fraction of sp³-hybridized carbons (Fsp3) is 0.0769. The Labute approximate surface area is 103 Å². The maximum Gasteiger partial charge on any atom is 0.258 e. The van der Waals surface area contributed by atoms with Crippen molar-refractivity contribution in [3.8, 4) is 28.6 Å². The standard InChI is InChI=1S/C13H10N2O3/c1-8-2-3-9(6-11(8)16)13-14-12(15-18-13)10-4-5-17-7-10/h2-7,16H,1H3. The quantitative estimate of drug-likeness (QED) is 0.747. The molecule has 0 atom stereocenters. The highest BCUT2D eigenvalue weighted by Crippen LogP contribution is 2.26. The van der Waals surface area contributed by atoms with Crippen LogP contribution in [0, 0.1) is 6.92 Å². The summed E-state index contributed by atoms with van der Waals surface area (Å²) in [6.07, 6.45) is 3.09. The van der Waals surface area contributed by atoms with Crippen LogP contribution in [0.3, 0.4) is 0 Å². The maximum atomic E-state index is 9.65. The molecule has 5 nitrogen and oxygen atoms in total. The van der Waals surface area contributed by atoms with E-state index in [0.29, 0.717) is 17.3 Å². The minimum Gasteiger partial charge on any atom is -0.508 e. The number of rotatable bonds is 2. The fourth-order valence-electron chi connectivity index (χ4n) is 1.59. The highest BCUT2D eigenvalue weighted by Gasteiger charge is 2.12. The van der Waals surface area contributed by atoms with Crippen LogP contribution in [0.4, 0.5) is 0 Å². The first-order chi connectivity index (χ1) is 8.74. The SMILES string of the molecule is Cc1ccc(-c2nc(-c3ccoc3)no2)cc1O. The van der Waals surface area contributed by atoms with Crippen molar-refractivity contribution >= 4 is 0 Å². The van der Waals surface area contributed by atoms with Crippen LogP contribution >= 0.6 is 0 Å². The molecule has 0 fully saturated rings. The van der Waals surface area contributed by atoms with Crippen LogP contribution in [0.5, 0.6) is 5.75 Å². The Balaban J connectivity index is 2.00. The zero-order chi connectivity index (χ0) is 12.5. The van der Waals surface area contributed by atoms with Gasteiger partial charge in [0.15, 0.2) is 0 Å². The largest absolute Gasteiger partial charge is 0.508 e. The summed E-state index contributed by atoms with van der Waals surface area (Å²) >= 11 is 0. The van der Waals surface area contributed by atoms with Crippen molar-refractivity contribution in [2.75, 3.05) is 0 Å². The van der Waals surface area contributed by atoms with E-state index in [1.807, 2.05) is 13.0 Å². The summed E-state index contributed by atoms with van der Waals surface area (Å²) in [6, 6.07) is 6.97. The van der Waals surface area contributed by atoms with Gasteiger partial charge < -0.3 is 14.0 Å². The summed E-state index contributed by atoms with van der Waals surface area (Å²) in [5.74, 6) is 1.02. The van der Waals surface area contributed by atoms with Gasteiger partial charge in [0.2, 0.25) is 5.82 Å². The molecule has 2 aromatic heterocycles. The lowest BCUT2D eigenvalue weighted by Gasteiger charge is -1.99. The van der Waals surface area contributed by atoms with Gasteiger partial charge in [-0.05, 0) is 30.7 Å². The highest BCUT2D eigenvalue weighted by molar-refractivity contribution is 5.60. The second-order valence-corrected chi connectivity index (χ2v) is 3.94. The van der Waals surface area contributed by atoms with Gasteiger partial charge in [-0.2, -0.15) is 4.98 Å². The number of aryl methyl sites for hydroxylation is 1. The molecule has 18 heavy (non-hydrogen) atoms. The summed E-state index contributed by atoms with van der Waals surface area (Å²) in [5.41, 5.74) is 2.23. The van der Waals surface area contributed by atoms with Crippen LogP contribution in [0.25, 0.3) is 22.8 Å². The van der Waals surface area contributed by atoms with E-state index in [1.54, 1.807) is 30.7 Å². The van der Waals surface area contributed by atoms with E-state index < -0.39 is 0 Å². The third-order valence-electron chi connectivity index (χ3n) is 2.66. The predicted molar refractivity (Wildman–Crippen MR) is 63.8 cm³/mol. The fourth-order valence-corrected chi connectivity index (χ4v) is 1.59. The van der Waals surface area contributed by atoms with E-state index in [4.69, 9.17) is 8.94 Å². The molecule has 0 amide bonds. The monoisotopic (exact) mass is 242 g/mol. The molecule has 0 bridgehead atoms. The van der Waals surface area contributed by atoms with Crippen LogP contribution in [0.15, 0.2) is 45.7 Å². The first-order valence-corrected chi connectivity index (χ1v) is 5.40. The number of aromatic nitrogens is 2. The number of hydrogen-bond donors (Lipinski definition) is 1. The smallest absolute Gasteiger partial charge is 0.258 e. The van der Waals surface area contributed by atoms with Crippen molar-refractivity contribution in [2.24, 2.45) is 0 Å². The van der Waals surface area contributed by atoms with E-state index in [9.17, 15) is 5.11 Å². The van der Waals surface area contributed by atoms with Crippen molar-refractivity contribution < 1.29 is 14.0 Å². The Morgan fingerprint density at radius 1 is 1.17 bits per heavy atom. The number of aromatic hydroxyl groups is 1. The first-order valence-electron chi connectivity index (χ1n) is 5.40. The van der Waals surface area contributed by atoms with Crippen LogP contribution in [-0.4, -0.2) is 15.2 Å². The maximum absolute atomic E-state index is 9.65. The zero-order valence-electron chi connectivity index (χ0n) is 9.62. The van der Waals surface area contributed by atoms with Crippen LogP contribution in [0.1, 0.15) is 5.56 Å². The average Bonchev–Trinajstić information content (AvgIpc) is 3.01. The Morgan fingerprint density at radius 2 is 2.06 bits per heavy atom. The predicted octanol–water partition coefficient (Wildman–Crippen LogP) is 3.01. The van der Waals surface area contributed by atoms with Crippen LogP contribution in [-0.2, 0) is 0 Å². The van der Waals surface area contributed by atoms with Gasteiger partial charge in [0, 0.05) is 5.56 Å². The first kappa shape index (κ1) is 10.6. The van der Waals surface area contributed by atoms with Crippen molar-refractivity contribution in [1.82, 2.24) is 10.1 Å². The van der Waals surface area contributed by atoms with Crippen molar-refractivity contribution in [2.45, 2.75) is 6.92 Å². The third-order valence-corrected chi connectivity index (χ3v) is 2.66. The van der Waals surface area contributed by atoms with Crippen LogP contribution in [0.2, 0.25) is 0 Å². The van der Waals surface area contributed by atoms with Gasteiger partial charge in [0.05, 0.1) is 11.8 Å². The number of phenolic OH excluding ortho intramolecular Hbond substituents is 1. The second kappa shape index (κ2) is 4.03. The molecule has 90 valence electrons. The van der Waals surface area contributed by atoms with Crippen molar-refractivity contribution in [1.29, 1.82) is 0 Å². The molecule has 0 aliphatic carbocycles. The third kappa shape index (κ3) is 1.75. The number of benzene rings is 1. The van der Waals surface area contributed by atoms with Gasteiger partial charge in [0.25, 0.3) is 5.89 Å². The summed E-state index contributed by atoms with van der Waals surface area (Å²) in [4.78, 5) is 4.24. The average molecular weight is 242 g/mol. The van der Waals surface area contributed by atoms with Gasteiger partial charge in [0.1, 0.15) is 12.0 Å². The van der Waals surface area contributed by atoms with Crippen molar-refractivity contribution in [3.63, 3.8) is 0 Å². The topological polar surface area (TPSA) is 72.3 Å². The van der Waals surface area contributed by atoms with Gasteiger partial charge >= 0.3 is 0 Å². The van der Waals surface area contributed by atoms with Gasteiger partial charge in [-0.3, -0.25) is 0 Å². The lowest BCUT2D eigenvalue weighted by Crippen LogP contribution is -1.81. The van der Waals surface area contributed by atoms with Crippen LogP contribution < -0.4 is 0 Å². The van der Waals surface area contributed by atoms with Gasteiger partial charge in [-0.25, -0.2) is 0 Å². The van der Waals surface area contributed by atoms with E-state index in [2.05, 4.69) is 10.1 Å². The molecule has 1 N–H and O–H groups in total. The van der Waals surface area contributed by atoms with Gasteiger partial charge in [-0.15, -0.1) is 0 Å². The van der Waals surface area contributed by atoms with Gasteiger partial charge in [-0.1, -0.05) is 11.2 Å². The minimum atomic E-state index is 0.204. The molecule has 5 heteroatoms. The number of hydrogen-bond acceptors (Lipinski definition) is 5. The zero-order valence-corrected chi connectivity index (χ0v) is 9.62. The molecular formula is C13H10N2O3. The number of phenols is 1. The molecule has 2 heterocycles. The molecule has 0 unspecified atom stereocenters. The van der Waals surface area contributed by atoms with Crippen molar-refractivity contribution in [3.05, 3.63) is 42.4 Å². The summed E-state index contributed by atoms with van der Waals surface area (Å²) in [5, 5.41) is 13.5. The number of furan rings is 1. The van der Waals surface area contributed by atoms with E-state index in [1.165, 1.54) is 0 Å². The summed E-state index contributed by atoms with van der Waals surface area (Å²) in [7, 11) is 0. The highest BCUT2D eigenvalue weighted by atomic mass is 16.5. The summed E-state index contributed by atoms with van der Waals surface area (Å²) in [6.45, 7) is 1.82. The molecule has 3 rings (SSSR count). The molecule has 0 saturated heterocycles. The lowest BCUT2D eigenvalue weighted by molar-refractivity contribution is 0.431. The Hall–Kier alpha value is -2.56. The lowest BCUT2D eigenvalue weighted by atomic mass is 10.1. The molecule has 0 aliphatic rings. The normalized spacial score (nSPS) is 10.7. The molecule has 0 radical (unpaired) electrons. The summed E-state index contributed by atoms with van der Waals surface area (Å²) < 4.78 is 10.1. The Kier molecular flexibility index (Phi) is 2.37. The second-order valence-electron chi connectivity index (χ2n) is 3.94. The number of nitrogens with zero attached hydrogens (tertiary/aromatic N) is 2. The molecule has 0 saturated carbocycles. The molecular weight excluding hydrogens is 232 g/mol. The van der Waals surface area contributed by atoms with E-state index in [-0.39, 0.29) is 5.75 Å². The Morgan fingerprint density at radius 3 is 2.78 bits per heavy atom. The van der Waals surface area contributed by atoms with E-state index >= 15 is 0 Å². The minimum absolute atomic E-state index is 0.204. The van der Waals surface area contributed by atoms with E-state index in [0.717, 1.165) is 11.1 Å². The molecule has 0 aliphatic heterocycles. The molecule has 1 aromatic carbocycles.